The number of ether oxygens (including phenoxy) is 4. The molecule has 0 bridgehead atoms. The van der Waals surface area contributed by atoms with Crippen LogP contribution < -0.4 is 18.9 Å². The number of carbonyl (C=O) groups is 1. The van der Waals surface area contributed by atoms with E-state index in [0.29, 0.717) is 35.2 Å². The number of benzene rings is 2. The quantitative estimate of drug-likeness (QED) is 0.541. The van der Waals surface area contributed by atoms with Crippen LogP contribution in [0.2, 0.25) is 0 Å². The van der Waals surface area contributed by atoms with Gasteiger partial charge in [-0.05, 0) is 36.4 Å². The van der Waals surface area contributed by atoms with E-state index in [4.69, 9.17) is 18.9 Å². The maximum absolute atomic E-state index is 10.9. The highest BCUT2D eigenvalue weighted by atomic mass is 32.1. The van der Waals surface area contributed by atoms with E-state index in [1.165, 1.54) is 18.4 Å². The van der Waals surface area contributed by atoms with E-state index in [-0.39, 0.29) is 0 Å². The van der Waals surface area contributed by atoms with E-state index in [9.17, 15) is 4.79 Å². The monoisotopic (exact) mass is 385 g/mol. The van der Waals surface area contributed by atoms with Crippen molar-refractivity contribution >= 4 is 17.6 Å². The molecule has 1 aromatic heterocycles. The van der Waals surface area contributed by atoms with E-state index < -0.39 is 0 Å². The SMILES string of the molecule is COc1ccc(-c2nc(COc3ccc(C=O)cc3OC)cs2)cc1OC. The molecule has 0 saturated heterocycles. The number of aldehydes is 1. The highest BCUT2D eigenvalue weighted by molar-refractivity contribution is 7.13. The van der Waals surface area contributed by atoms with Gasteiger partial charge < -0.3 is 18.9 Å². The molecular formula is C20H19NO5S. The Morgan fingerprint density at radius 3 is 2.33 bits per heavy atom. The number of aromatic nitrogens is 1. The van der Waals surface area contributed by atoms with Crippen molar-refractivity contribution in [1.82, 2.24) is 4.98 Å². The van der Waals surface area contributed by atoms with Crippen LogP contribution in [0.25, 0.3) is 10.6 Å². The first-order valence-corrected chi connectivity index (χ1v) is 8.99. The molecule has 0 amide bonds. The molecule has 0 aliphatic carbocycles. The number of hydrogen-bond donors (Lipinski definition) is 0. The Balaban J connectivity index is 1.74. The summed E-state index contributed by atoms with van der Waals surface area (Å²) in [6.45, 7) is 0.292. The van der Waals surface area contributed by atoms with Gasteiger partial charge >= 0.3 is 0 Å². The molecule has 2 aromatic carbocycles. The van der Waals surface area contributed by atoms with Gasteiger partial charge in [0, 0.05) is 16.5 Å². The van der Waals surface area contributed by atoms with Gasteiger partial charge in [0.25, 0.3) is 0 Å². The van der Waals surface area contributed by atoms with Crippen LogP contribution in [0.1, 0.15) is 16.1 Å². The Bertz CT molecular complexity index is 938. The predicted molar refractivity (Wildman–Crippen MR) is 103 cm³/mol. The van der Waals surface area contributed by atoms with Crippen molar-refractivity contribution in [3.63, 3.8) is 0 Å². The van der Waals surface area contributed by atoms with Crippen molar-refractivity contribution in [3.8, 4) is 33.6 Å². The molecule has 27 heavy (non-hydrogen) atoms. The van der Waals surface area contributed by atoms with Gasteiger partial charge in [0.05, 0.1) is 27.0 Å². The van der Waals surface area contributed by atoms with Gasteiger partial charge in [-0.3, -0.25) is 4.79 Å². The maximum Gasteiger partial charge on any atom is 0.161 e. The zero-order chi connectivity index (χ0) is 19.2. The Hall–Kier alpha value is -3.06. The number of thiazole rings is 1. The van der Waals surface area contributed by atoms with Crippen LogP contribution in [0.4, 0.5) is 0 Å². The Labute approximate surface area is 161 Å². The minimum atomic E-state index is 0.292. The minimum Gasteiger partial charge on any atom is -0.493 e. The Kier molecular flexibility index (Phi) is 5.93. The largest absolute Gasteiger partial charge is 0.493 e. The zero-order valence-electron chi connectivity index (χ0n) is 15.2. The summed E-state index contributed by atoms with van der Waals surface area (Å²) in [4.78, 5) is 15.5. The fourth-order valence-electron chi connectivity index (χ4n) is 2.50. The second kappa shape index (κ2) is 8.55. The molecule has 0 aliphatic heterocycles. The van der Waals surface area contributed by atoms with Crippen LogP contribution in [0.15, 0.2) is 41.8 Å². The van der Waals surface area contributed by atoms with Crippen LogP contribution >= 0.6 is 11.3 Å². The normalized spacial score (nSPS) is 10.3. The second-order valence-corrected chi connectivity index (χ2v) is 6.39. The fourth-order valence-corrected chi connectivity index (χ4v) is 3.30. The van der Waals surface area contributed by atoms with Crippen LogP contribution in [-0.4, -0.2) is 32.6 Å². The third kappa shape index (κ3) is 4.20. The van der Waals surface area contributed by atoms with Gasteiger partial charge in [-0.2, -0.15) is 0 Å². The first-order chi connectivity index (χ1) is 13.2. The first kappa shape index (κ1) is 18.7. The molecule has 0 N–H and O–H groups in total. The van der Waals surface area contributed by atoms with Gasteiger partial charge in [-0.25, -0.2) is 4.98 Å². The fraction of sp³-hybridized carbons (Fsp3) is 0.200. The zero-order valence-corrected chi connectivity index (χ0v) is 16.0. The van der Waals surface area contributed by atoms with E-state index in [0.717, 1.165) is 22.6 Å². The summed E-state index contributed by atoms with van der Waals surface area (Å²) in [7, 11) is 4.74. The van der Waals surface area contributed by atoms with Crippen molar-refractivity contribution in [1.29, 1.82) is 0 Å². The molecule has 3 rings (SSSR count). The number of rotatable bonds is 8. The minimum absolute atomic E-state index is 0.292. The molecule has 0 atom stereocenters. The van der Waals surface area contributed by atoms with Gasteiger partial charge in [-0.1, -0.05) is 0 Å². The van der Waals surface area contributed by atoms with Crippen LogP contribution in [0.3, 0.4) is 0 Å². The lowest BCUT2D eigenvalue weighted by molar-refractivity contribution is 0.112. The highest BCUT2D eigenvalue weighted by Crippen LogP contribution is 2.34. The van der Waals surface area contributed by atoms with Crippen LogP contribution in [0.5, 0.6) is 23.0 Å². The van der Waals surface area contributed by atoms with Gasteiger partial charge in [0.2, 0.25) is 0 Å². The Morgan fingerprint density at radius 1 is 0.926 bits per heavy atom. The number of hydrogen-bond acceptors (Lipinski definition) is 7. The van der Waals surface area contributed by atoms with Gasteiger partial charge in [0.1, 0.15) is 17.9 Å². The summed E-state index contributed by atoms with van der Waals surface area (Å²) in [5, 5.41) is 2.80. The second-order valence-electron chi connectivity index (χ2n) is 5.53. The lowest BCUT2D eigenvalue weighted by atomic mass is 10.2. The van der Waals surface area contributed by atoms with Gasteiger partial charge in [0.15, 0.2) is 23.0 Å². The predicted octanol–water partition coefficient (Wildman–Crippen LogP) is 4.23. The third-order valence-electron chi connectivity index (χ3n) is 3.88. The standard InChI is InChI=1S/C20H19NO5S/c1-23-16-7-5-14(9-19(16)25-3)20-21-15(12-27-20)11-26-17-6-4-13(10-22)8-18(17)24-2/h4-10,12H,11H2,1-3H3. The molecule has 0 saturated carbocycles. The third-order valence-corrected chi connectivity index (χ3v) is 4.82. The van der Waals surface area contributed by atoms with Crippen molar-refractivity contribution < 1.29 is 23.7 Å². The lowest BCUT2D eigenvalue weighted by Gasteiger charge is -2.10. The molecule has 0 unspecified atom stereocenters. The summed E-state index contributed by atoms with van der Waals surface area (Å²) in [6.07, 6.45) is 0.766. The number of carbonyl (C=O) groups excluding carboxylic acids is 1. The van der Waals surface area contributed by atoms with Crippen molar-refractivity contribution in [2.24, 2.45) is 0 Å². The van der Waals surface area contributed by atoms with Crippen LogP contribution in [-0.2, 0) is 6.61 Å². The molecular weight excluding hydrogens is 366 g/mol. The average molecular weight is 385 g/mol. The molecule has 3 aromatic rings. The molecule has 0 radical (unpaired) electrons. The summed E-state index contributed by atoms with van der Waals surface area (Å²) >= 11 is 1.52. The molecule has 0 fully saturated rings. The van der Waals surface area contributed by atoms with E-state index in [1.807, 2.05) is 23.6 Å². The summed E-state index contributed by atoms with van der Waals surface area (Å²) in [5.41, 5.74) is 2.27. The Morgan fingerprint density at radius 2 is 1.63 bits per heavy atom. The summed E-state index contributed by atoms with van der Waals surface area (Å²) in [5.74, 6) is 2.40. The first-order valence-electron chi connectivity index (χ1n) is 8.11. The van der Waals surface area contributed by atoms with Crippen molar-refractivity contribution in [2.75, 3.05) is 21.3 Å². The van der Waals surface area contributed by atoms with E-state index in [1.54, 1.807) is 32.4 Å². The molecule has 0 aliphatic rings. The molecule has 0 spiro atoms. The molecule has 140 valence electrons. The van der Waals surface area contributed by atoms with Crippen LogP contribution in [0, 0.1) is 0 Å². The smallest absolute Gasteiger partial charge is 0.161 e. The molecule has 6 nitrogen and oxygen atoms in total. The van der Waals surface area contributed by atoms with Gasteiger partial charge in [-0.15, -0.1) is 11.3 Å². The number of nitrogens with zero attached hydrogens (tertiary/aromatic N) is 1. The maximum atomic E-state index is 10.9. The van der Waals surface area contributed by atoms with Crippen molar-refractivity contribution in [2.45, 2.75) is 6.61 Å². The summed E-state index contributed by atoms with van der Waals surface area (Å²) < 4.78 is 21.7. The highest BCUT2D eigenvalue weighted by Gasteiger charge is 2.11. The number of methoxy groups -OCH3 is 3. The topological polar surface area (TPSA) is 66.9 Å². The van der Waals surface area contributed by atoms with E-state index in [2.05, 4.69) is 4.98 Å². The average Bonchev–Trinajstić information content (AvgIpc) is 3.20. The molecule has 7 heteroatoms. The van der Waals surface area contributed by atoms with E-state index >= 15 is 0 Å². The lowest BCUT2D eigenvalue weighted by Crippen LogP contribution is -1.98. The van der Waals surface area contributed by atoms with Crippen molar-refractivity contribution in [3.05, 3.63) is 53.0 Å². The summed E-state index contributed by atoms with van der Waals surface area (Å²) in [6, 6.07) is 10.7. The molecule has 1 heterocycles.